The van der Waals surface area contributed by atoms with Gasteiger partial charge in [0.2, 0.25) is 0 Å². The third-order valence-electron chi connectivity index (χ3n) is 6.46. The first kappa shape index (κ1) is 31.2. The number of amides is 2. The molecule has 0 saturated carbocycles. The van der Waals surface area contributed by atoms with Gasteiger partial charge in [0.1, 0.15) is 11.9 Å². The summed E-state index contributed by atoms with van der Waals surface area (Å²) in [4.78, 5) is 41.1. The third kappa shape index (κ3) is 9.36. The molecule has 1 saturated heterocycles. The zero-order valence-corrected chi connectivity index (χ0v) is 24.0. The summed E-state index contributed by atoms with van der Waals surface area (Å²) in [7, 11) is 0. The number of anilines is 1. The Morgan fingerprint density at radius 1 is 1.07 bits per heavy atom. The maximum atomic E-state index is 13.2. The Morgan fingerprint density at radius 2 is 1.78 bits per heavy atom. The number of nitrogens with one attached hydrogen (secondary N) is 2. The normalized spacial score (nSPS) is 14.7. The number of benzene rings is 2. The van der Waals surface area contributed by atoms with Crippen LogP contribution in [0.5, 0.6) is 0 Å². The molecule has 4 N–H and O–H groups in total. The van der Waals surface area contributed by atoms with Crippen molar-refractivity contribution in [3.63, 3.8) is 0 Å². The molecule has 0 aliphatic carbocycles. The summed E-state index contributed by atoms with van der Waals surface area (Å²) in [5, 5.41) is 4.53. The predicted molar refractivity (Wildman–Crippen MR) is 159 cm³/mol. The predicted octanol–water partition coefficient (Wildman–Crippen LogP) is 4.80. The van der Waals surface area contributed by atoms with Crippen LogP contribution in [0, 0.1) is 18.8 Å². The van der Waals surface area contributed by atoms with E-state index in [4.69, 9.17) is 15.2 Å². The van der Waals surface area contributed by atoms with Gasteiger partial charge < -0.3 is 20.5 Å². The van der Waals surface area contributed by atoms with Crippen molar-refractivity contribution in [2.24, 2.45) is 10.7 Å². The van der Waals surface area contributed by atoms with Gasteiger partial charge in [0.15, 0.2) is 5.78 Å². The third-order valence-corrected chi connectivity index (χ3v) is 6.46. The molecule has 2 amide bonds. The number of carbonyl (C=O) groups is 3. The average molecular weight is 562 g/mol. The van der Waals surface area contributed by atoms with Crippen molar-refractivity contribution < 1.29 is 23.9 Å². The standard InChI is InChI=1S/C31H39N5O5/c1-4-6-19-40-30(38)35-29(32)24-11-13-25(14-12-24)33-17-8-9-23-10-15-26(22(3)21-23)28(37)27-16-18-34-36(27)31(39)41-20-7-5-2/h10-15,21,27,33-34H,4-7,16-20H2,1-3H3,(H2,32,35,38). The van der Waals surface area contributed by atoms with Crippen molar-refractivity contribution in [2.75, 3.05) is 31.6 Å². The topological polar surface area (TPSA) is 135 Å². The van der Waals surface area contributed by atoms with E-state index in [1.165, 1.54) is 5.01 Å². The second kappa shape index (κ2) is 16.0. The van der Waals surface area contributed by atoms with E-state index in [0.29, 0.717) is 43.9 Å². The number of carbonyl (C=O) groups excluding carboxylic acids is 3. The van der Waals surface area contributed by atoms with E-state index < -0.39 is 18.2 Å². The lowest BCUT2D eigenvalue weighted by atomic mass is 9.96. The number of hydrogen-bond donors (Lipinski definition) is 3. The largest absolute Gasteiger partial charge is 0.448 e. The molecule has 3 rings (SSSR count). The Hall–Kier alpha value is -4.36. The summed E-state index contributed by atoms with van der Waals surface area (Å²) in [6.45, 7) is 7.49. The highest BCUT2D eigenvalue weighted by atomic mass is 16.6. The van der Waals surface area contributed by atoms with E-state index in [1.54, 1.807) is 18.2 Å². The van der Waals surface area contributed by atoms with Gasteiger partial charge in [0.25, 0.3) is 0 Å². The molecule has 1 unspecified atom stereocenters. The van der Waals surface area contributed by atoms with Crippen LogP contribution in [0.25, 0.3) is 0 Å². The molecule has 10 heteroatoms. The van der Waals surface area contributed by atoms with Gasteiger partial charge in [-0.05, 0) is 74.2 Å². The van der Waals surface area contributed by atoms with Crippen molar-refractivity contribution >= 4 is 29.5 Å². The molecule has 10 nitrogen and oxygen atoms in total. The quantitative estimate of drug-likeness (QED) is 0.117. The van der Waals surface area contributed by atoms with Crippen molar-refractivity contribution in [2.45, 2.75) is 58.9 Å². The Labute approximate surface area is 241 Å². The zero-order valence-electron chi connectivity index (χ0n) is 24.0. The molecule has 2 aromatic rings. The van der Waals surface area contributed by atoms with Crippen LogP contribution in [-0.4, -0.2) is 61.2 Å². The van der Waals surface area contributed by atoms with Gasteiger partial charge in [0, 0.05) is 28.9 Å². The van der Waals surface area contributed by atoms with E-state index in [2.05, 4.69) is 27.6 Å². The van der Waals surface area contributed by atoms with Crippen LogP contribution in [-0.2, 0) is 9.47 Å². The number of aryl methyl sites for hydroxylation is 1. The minimum absolute atomic E-state index is 0.0962. The summed E-state index contributed by atoms with van der Waals surface area (Å²) >= 11 is 0. The molecular weight excluding hydrogens is 522 g/mol. The number of unbranched alkanes of at least 4 members (excludes halogenated alkanes) is 2. The Kier molecular flexibility index (Phi) is 12.2. The molecule has 218 valence electrons. The number of aliphatic imine (C=N–C) groups is 1. The van der Waals surface area contributed by atoms with Crippen molar-refractivity contribution in [1.29, 1.82) is 0 Å². The van der Waals surface area contributed by atoms with Crippen LogP contribution in [0.1, 0.15) is 73.0 Å². The Balaban J connectivity index is 1.53. The number of nitrogens with two attached hydrogens (primary N) is 1. The smallest absolute Gasteiger partial charge is 0.435 e. The lowest BCUT2D eigenvalue weighted by molar-refractivity contribution is 0.0659. The van der Waals surface area contributed by atoms with Crippen LogP contribution in [0.3, 0.4) is 0 Å². The molecule has 1 aliphatic rings. The monoisotopic (exact) mass is 561 g/mol. The summed E-state index contributed by atoms with van der Waals surface area (Å²) in [5.74, 6) is 6.16. The lowest BCUT2D eigenvalue weighted by Crippen LogP contribution is -2.46. The summed E-state index contributed by atoms with van der Waals surface area (Å²) in [6, 6.07) is 12.0. The number of Topliss-reactive ketones (excluding diaryl/α,β-unsaturated/α-hetero) is 1. The Bertz CT molecular complexity index is 1300. The van der Waals surface area contributed by atoms with Gasteiger partial charge in [-0.3, -0.25) is 4.79 Å². The van der Waals surface area contributed by atoms with Crippen LogP contribution < -0.4 is 16.5 Å². The van der Waals surface area contributed by atoms with Gasteiger partial charge in [-0.2, -0.15) is 4.99 Å². The van der Waals surface area contributed by atoms with Crippen molar-refractivity contribution in [1.82, 2.24) is 10.4 Å². The first-order valence-electron chi connectivity index (χ1n) is 14.0. The van der Waals surface area contributed by atoms with Crippen LogP contribution in [0.4, 0.5) is 15.3 Å². The molecule has 1 heterocycles. The molecular formula is C31H39N5O5. The van der Waals surface area contributed by atoms with E-state index in [0.717, 1.165) is 42.5 Å². The van der Waals surface area contributed by atoms with Crippen molar-refractivity contribution in [3.8, 4) is 11.8 Å². The van der Waals surface area contributed by atoms with Gasteiger partial charge >= 0.3 is 12.2 Å². The number of nitrogens with zero attached hydrogens (tertiary/aromatic N) is 2. The molecule has 1 atom stereocenters. The first-order chi connectivity index (χ1) is 19.8. The fraction of sp³-hybridized carbons (Fsp3) is 0.419. The molecule has 1 fully saturated rings. The zero-order chi connectivity index (χ0) is 29.6. The Morgan fingerprint density at radius 3 is 2.46 bits per heavy atom. The number of ketones is 1. The molecule has 41 heavy (non-hydrogen) atoms. The molecule has 0 bridgehead atoms. The van der Waals surface area contributed by atoms with Gasteiger partial charge in [-0.25, -0.2) is 20.0 Å². The second-order valence-corrected chi connectivity index (χ2v) is 9.64. The summed E-state index contributed by atoms with van der Waals surface area (Å²) < 4.78 is 10.3. The number of hydrazine groups is 1. The van der Waals surface area contributed by atoms with Crippen LogP contribution >= 0.6 is 0 Å². The van der Waals surface area contributed by atoms with E-state index >= 15 is 0 Å². The van der Waals surface area contributed by atoms with E-state index in [-0.39, 0.29) is 11.6 Å². The maximum absolute atomic E-state index is 13.2. The minimum atomic E-state index is -0.693. The SMILES string of the molecule is CCCCOC(=O)N=C(N)c1ccc(NCC#Cc2ccc(C(=O)C3CCNN3C(=O)OCCCC)c(C)c2)cc1. The minimum Gasteiger partial charge on any atom is -0.448 e. The van der Waals surface area contributed by atoms with Gasteiger partial charge in [-0.15, -0.1) is 0 Å². The number of hydrogen-bond acceptors (Lipinski definition) is 7. The lowest BCUT2D eigenvalue weighted by Gasteiger charge is -2.23. The second-order valence-electron chi connectivity index (χ2n) is 9.64. The molecule has 2 aromatic carbocycles. The van der Waals surface area contributed by atoms with Gasteiger partial charge in [0.05, 0.1) is 19.8 Å². The van der Waals surface area contributed by atoms with Crippen LogP contribution in [0.15, 0.2) is 47.5 Å². The molecule has 0 aromatic heterocycles. The average Bonchev–Trinajstić information content (AvgIpc) is 3.46. The highest BCUT2D eigenvalue weighted by molar-refractivity contribution is 6.03. The number of ether oxygens (including phenoxy) is 2. The summed E-state index contributed by atoms with van der Waals surface area (Å²) in [6.07, 6.45) is 2.73. The highest BCUT2D eigenvalue weighted by Gasteiger charge is 2.36. The van der Waals surface area contributed by atoms with Crippen molar-refractivity contribution in [3.05, 3.63) is 64.7 Å². The molecule has 1 aliphatic heterocycles. The summed E-state index contributed by atoms with van der Waals surface area (Å²) in [5.41, 5.74) is 12.5. The fourth-order valence-corrected chi connectivity index (χ4v) is 4.12. The molecule has 0 radical (unpaired) electrons. The van der Waals surface area contributed by atoms with Crippen LogP contribution in [0.2, 0.25) is 0 Å². The highest BCUT2D eigenvalue weighted by Crippen LogP contribution is 2.20. The van der Waals surface area contributed by atoms with E-state index in [1.807, 2.05) is 45.0 Å². The maximum Gasteiger partial charge on any atom is 0.435 e. The van der Waals surface area contributed by atoms with Gasteiger partial charge in [-0.1, -0.05) is 38.5 Å². The number of rotatable bonds is 11. The van der Waals surface area contributed by atoms with E-state index in [9.17, 15) is 14.4 Å². The number of amidine groups is 1. The fourth-order valence-electron chi connectivity index (χ4n) is 4.12. The molecule has 0 spiro atoms. The first-order valence-corrected chi connectivity index (χ1v) is 14.0.